The highest BCUT2D eigenvalue weighted by Crippen LogP contribution is 2.45. The van der Waals surface area contributed by atoms with E-state index in [4.69, 9.17) is 5.73 Å². The molecule has 2 spiro atoms. The second kappa shape index (κ2) is 13.2. The molecule has 19 nitrogen and oxygen atoms in total. The second-order valence-electron chi connectivity index (χ2n) is 15.8. The maximum absolute atomic E-state index is 14.3. The maximum atomic E-state index is 14.3. The van der Waals surface area contributed by atoms with Gasteiger partial charge in [-0.15, -0.1) is 5.10 Å². The van der Waals surface area contributed by atoms with Crippen LogP contribution in [0.4, 0.5) is 28.7 Å². The quantitative estimate of drug-likeness (QED) is 0.133. The number of amides is 3. The Bertz CT molecular complexity index is 2630. The van der Waals surface area contributed by atoms with E-state index in [9.17, 15) is 32.4 Å². The topological polar surface area (TPSA) is 267 Å². The van der Waals surface area contributed by atoms with Gasteiger partial charge in [-0.1, -0.05) is 6.42 Å². The number of aryl methyl sites for hydroxylation is 1. The van der Waals surface area contributed by atoms with E-state index in [0.29, 0.717) is 48.9 Å². The summed E-state index contributed by atoms with van der Waals surface area (Å²) in [6.45, 7) is 1.75. The number of hydrogen-bond donors (Lipinski definition) is 6. The minimum Gasteiger partial charge on any atom is -0.382 e. The van der Waals surface area contributed by atoms with Gasteiger partial charge in [0.1, 0.15) is 52.1 Å². The zero-order chi connectivity index (χ0) is 39.9. The number of nitrogens with zero attached hydrogens (tertiary/aromatic N) is 6. The Morgan fingerprint density at radius 2 is 1.61 bits per heavy atom. The first-order chi connectivity index (χ1) is 27.3. The van der Waals surface area contributed by atoms with Gasteiger partial charge in [0.2, 0.25) is 5.91 Å². The first kappa shape index (κ1) is 36.5. The largest absolute Gasteiger partial charge is 0.382 e. The van der Waals surface area contributed by atoms with Crippen molar-refractivity contribution in [2.45, 2.75) is 93.9 Å². The van der Waals surface area contributed by atoms with Crippen LogP contribution in [0.25, 0.3) is 0 Å². The van der Waals surface area contributed by atoms with Crippen molar-refractivity contribution in [1.82, 2.24) is 39.9 Å². The van der Waals surface area contributed by atoms with E-state index in [2.05, 4.69) is 46.2 Å². The minimum absolute atomic E-state index is 0.0107. The van der Waals surface area contributed by atoms with E-state index < -0.39 is 43.4 Å². The molecule has 9 rings (SSSR count). The molecule has 0 radical (unpaired) electrons. The van der Waals surface area contributed by atoms with Crippen LogP contribution in [-0.4, -0.2) is 55.4 Å². The maximum Gasteiger partial charge on any atom is 0.279 e. The summed E-state index contributed by atoms with van der Waals surface area (Å²) in [6, 6.07) is 5.68. The van der Waals surface area contributed by atoms with E-state index >= 15 is 0 Å². The van der Waals surface area contributed by atoms with Gasteiger partial charge in [0.05, 0.1) is 11.9 Å². The SMILES string of the molecule is Cc1cc(Nc2cnnc(N)c2)c(=O)n2c1C(=O)NC21CCC(Cc2cc(NS(=O)(=O)c3cc(NC(=O)C4CC4)ncn3)c(=O)n3c2C(=O)NC32CCCCC2)C1. The molecule has 3 amide bonds. The molecule has 0 aromatic carbocycles. The smallest absolute Gasteiger partial charge is 0.279 e. The Balaban J connectivity index is 1.06. The third-order valence-electron chi connectivity index (χ3n) is 11.7. The van der Waals surface area contributed by atoms with Gasteiger partial charge in [0.15, 0.2) is 5.03 Å². The van der Waals surface area contributed by atoms with Crippen LogP contribution in [0, 0.1) is 18.8 Å². The summed E-state index contributed by atoms with van der Waals surface area (Å²) in [4.78, 5) is 76.1. The number of carbonyl (C=O) groups is 3. The Morgan fingerprint density at radius 3 is 2.37 bits per heavy atom. The predicted molar refractivity (Wildman–Crippen MR) is 205 cm³/mol. The summed E-state index contributed by atoms with van der Waals surface area (Å²) in [7, 11) is -4.49. The summed E-state index contributed by atoms with van der Waals surface area (Å²) >= 11 is 0. The van der Waals surface area contributed by atoms with Gasteiger partial charge in [-0.2, -0.15) is 13.5 Å². The van der Waals surface area contributed by atoms with Gasteiger partial charge in [-0.3, -0.25) is 37.8 Å². The first-order valence-corrected chi connectivity index (χ1v) is 20.5. The molecule has 2 atom stereocenters. The van der Waals surface area contributed by atoms with Crippen molar-refractivity contribution in [2.24, 2.45) is 11.8 Å². The van der Waals surface area contributed by atoms with Crippen LogP contribution < -0.4 is 42.8 Å². The molecule has 20 heteroatoms. The molecule has 2 aliphatic heterocycles. The molecule has 7 N–H and O–H groups in total. The molecule has 3 aliphatic carbocycles. The van der Waals surface area contributed by atoms with Gasteiger partial charge in [-0.25, -0.2) is 9.97 Å². The van der Waals surface area contributed by atoms with Gasteiger partial charge >= 0.3 is 0 Å². The summed E-state index contributed by atoms with van der Waals surface area (Å²) in [6.07, 6.45) is 8.87. The number of sulfonamides is 1. The molecule has 296 valence electrons. The number of rotatable bonds is 9. The van der Waals surface area contributed by atoms with E-state index in [-0.39, 0.29) is 64.5 Å². The molecule has 6 heterocycles. The zero-order valence-electron chi connectivity index (χ0n) is 30.9. The highest BCUT2D eigenvalue weighted by atomic mass is 32.2. The van der Waals surface area contributed by atoms with Crippen LogP contribution in [0.1, 0.15) is 96.3 Å². The molecular weight excluding hydrogens is 757 g/mol. The third kappa shape index (κ3) is 6.27. The molecule has 2 unspecified atom stereocenters. The number of aromatic nitrogens is 6. The monoisotopic (exact) mass is 796 g/mol. The Kier molecular flexibility index (Phi) is 8.45. The fraction of sp³-hybridized carbons (Fsp3) is 0.432. The van der Waals surface area contributed by atoms with Crippen molar-refractivity contribution in [1.29, 1.82) is 0 Å². The van der Waals surface area contributed by atoms with E-state index in [1.807, 2.05) is 0 Å². The lowest BCUT2D eigenvalue weighted by Crippen LogP contribution is -2.49. The van der Waals surface area contributed by atoms with Gasteiger partial charge in [-0.05, 0) is 100 Å². The number of nitrogens with one attached hydrogen (secondary N) is 5. The van der Waals surface area contributed by atoms with Crippen LogP contribution in [0.5, 0.6) is 0 Å². The average Bonchev–Trinajstić information content (AvgIpc) is 3.81. The lowest BCUT2D eigenvalue weighted by atomic mass is 9.89. The Morgan fingerprint density at radius 1 is 0.895 bits per heavy atom. The highest BCUT2D eigenvalue weighted by Gasteiger charge is 2.51. The van der Waals surface area contributed by atoms with Gasteiger partial charge in [0, 0.05) is 18.1 Å². The van der Waals surface area contributed by atoms with Crippen molar-refractivity contribution in [3.8, 4) is 0 Å². The molecule has 5 aliphatic rings. The molecule has 0 bridgehead atoms. The molecule has 3 fully saturated rings. The van der Waals surface area contributed by atoms with Crippen LogP contribution in [-0.2, 0) is 32.6 Å². The summed E-state index contributed by atoms with van der Waals surface area (Å²) in [5.74, 6) is -1.24. The Labute approximate surface area is 325 Å². The second-order valence-corrected chi connectivity index (χ2v) is 17.4. The summed E-state index contributed by atoms with van der Waals surface area (Å²) in [5.41, 5.74) is 4.45. The predicted octanol–water partition coefficient (Wildman–Crippen LogP) is 2.17. The van der Waals surface area contributed by atoms with Crippen LogP contribution >= 0.6 is 0 Å². The van der Waals surface area contributed by atoms with Crippen molar-refractivity contribution >= 4 is 56.4 Å². The van der Waals surface area contributed by atoms with Crippen LogP contribution in [0.2, 0.25) is 0 Å². The van der Waals surface area contributed by atoms with Crippen LogP contribution in [0.3, 0.4) is 0 Å². The minimum atomic E-state index is -4.49. The van der Waals surface area contributed by atoms with Crippen molar-refractivity contribution in [3.63, 3.8) is 0 Å². The number of carbonyl (C=O) groups excluding carboxylic acids is 3. The van der Waals surface area contributed by atoms with Crippen molar-refractivity contribution in [3.05, 3.63) is 80.0 Å². The molecule has 3 saturated carbocycles. The third-order valence-corrected chi connectivity index (χ3v) is 13.0. The highest BCUT2D eigenvalue weighted by molar-refractivity contribution is 7.92. The molecule has 4 aromatic heterocycles. The molecular formula is C37H40N12O7S. The zero-order valence-corrected chi connectivity index (χ0v) is 31.7. The average molecular weight is 797 g/mol. The fourth-order valence-corrected chi connectivity index (χ4v) is 10.1. The number of nitrogen functional groups attached to an aromatic ring is 1. The normalized spacial score (nSPS) is 21.9. The molecule has 57 heavy (non-hydrogen) atoms. The number of anilines is 5. The number of hydrogen-bond acceptors (Lipinski definition) is 13. The summed E-state index contributed by atoms with van der Waals surface area (Å²) in [5, 5.41) is 19.0. The van der Waals surface area contributed by atoms with E-state index in [0.717, 1.165) is 44.5 Å². The lowest BCUT2D eigenvalue weighted by Gasteiger charge is -2.35. The van der Waals surface area contributed by atoms with Crippen molar-refractivity contribution in [2.75, 3.05) is 21.1 Å². The van der Waals surface area contributed by atoms with Gasteiger partial charge < -0.3 is 27.0 Å². The Hall–Kier alpha value is -6.18. The molecule has 0 saturated heterocycles. The number of pyridine rings is 2. The standard InChI is InChI=1S/C37H40N12O7S/c1-19-11-24(42-23-14-26(38)46-41-17-23)34(53)48-29(19)32(51)45-37(48)10-7-20(16-37)12-22-13-25(35(54)49-30(22)33(52)44-36(49)8-3-2-4-9-36)47-57(55,56)28-15-27(39-18-40-28)43-31(50)21-5-6-21/h11,13-15,17-18,20-21,47H,2-10,12,16H2,1H3,(H,44,52)(H,45,51)(H3,38,42,46)(H,39,40,43,50). The first-order valence-electron chi connectivity index (χ1n) is 19.0. The van der Waals surface area contributed by atoms with Crippen LogP contribution in [0.15, 0.2) is 51.4 Å². The molecule has 4 aromatic rings. The lowest BCUT2D eigenvalue weighted by molar-refractivity contribution is -0.117. The number of nitrogens with two attached hydrogens (primary N) is 1. The van der Waals surface area contributed by atoms with E-state index in [1.165, 1.54) is 27.5 Å². The number of fused-ring (bicyclic) bond motifs is 4. The fourth-order valence-electron chi connectivity index (χ4n) is 9.08. The van der Waals surface area contributed by atoms with Crippen molar-refractivity contribution < 1.29 is 22.8 Å². The van der Waals surface area contributed by atoms with E-state index in [1.54, 1.807) is 13.0 Å². The summed E-state index contributed by atoms with van der Waals surface area (Å²) < 4.78 is 33.0. The van der Waals surface area contributed by atoms with Gasteiger partial charge in [0.25, 0.3) is 33.0 Å².